The summed E-state index contributed by atoms with van der Waals surface area (Å²) in [7, 11) is -3.15. The van der Waals surface area contributed by atoms with Gasteiger partial charge in [0, 0.05) is 40.5 Å². The molecule has 5 aromatic carbocycles. The lowest BCUT2D eigenvalue weighted by Gasteiger charge is -2.47. The number of hydrogen-bond donors (Lipinski definition) is 0. The maximum absolute atomic E-state index is 12.9. The molecule has 12 heteroatoms. The van der Waals surface area contributed by atoms with Crippen LogP contribution in [0.3, 0.4) is 0 Å². The first-order valence-electron chi connectivity index (χ1n) is 42.4. The number of nitrogens with zero attached hydrogens (tertiary/aromatic N) is 4. The molecule has 111 heavy (non-hydrogen) atoms. The molecule has 616 valence electrons. The second-order valence-corrected chi connectivity index (χ2v) is 42.0. The highest BCUT2D eigenvalue weighted by atomic mass is 35.5. The molecule has 0 bridgehead atoms. The molecule has 0 aromatic heterocycles. The lowest BCUT2D eigenvalue weighted by Crippen LogP contribution is -2.47. The van der Waals surface area contributed by atoms with Gasteiger partial charge in [0.05, 0.1) is 10.5 Å². The van der Waals surface area contributed by atoms with E-state index in [1.54, 1.807) is 24.3 Å². The van der Waals surface area contributed by atoms with Crippen LogP contribution in [0.2, 0.25) is 10.0 Å². The molecule has 1 aliphatic carbocycles. The Morgan fingerprint density at radius 3 is 1.05 bits per heavy atom. The Morgan fingerprint density at radius 2 is 0.730 bits per heavy atom. The summed E-state index contributed by atoms with van der Waals surface area (Å²) >= 11 is 12.2. The van der Waals surface area contributed by atoms with Gasteiger partial charge in [0.15, 0.2) is 9.84 Å². The first-order chi connectivity index (χ1) is 51.7. The number of aryl methyl sites for hydroxylation is 1. The molecule has 4 atom stereocenters. The summed E-state index contributed by atoms with van der Waals surface area (Å²) in [5.41, 5.74) is 13.9. The van der Waals surface area contributed by atoms with E-state index >= 15 is 0 Å². The molecule has 5 aromatic rings. The van der Waals surface area contributed by atoms with Gasteiger partial charge in [-0.3, -0.25) is 19.6 Å². The van der Waals surface area contributed by atoms with Gasteiger partial charge >= 0.3 is 6.18 Å². The Kier molecular flexibility index (Phi) is 34.4. The van der Waals surface area contributed by atoms with Gasteiger partial charge in [0.2, 0.25) is 0 Å². The van der Waals surface area contributed by atoms with Crippen LogP contribution in [0.15, 0.2) is 173 Å². The summed E-state index contributed by atoms with van der Waals surface area (Å²) < 4.78 is 62.3. The number of hydrogen-bond acceptors (Lipinski definition) is 6. The second kappa shape index (κ2) is 40.9. The van der Waals surface area contributed by atoms with Crippen LogP contribution in [0.1, 0.15) is 292 Å². The first-order valence-corrected chi connectivity index (χ1v) is 45.0. The Morgan fingerprint density at radius 1 is 0.432 bits per heavy atom. The smallest absolute Gasteiger partial charge is 0.297 e. The topological polar surface area (TPSA) is 47.1 Å². The van der Waals surface area contributed by atoms with Crippen molar-refractivity contribution in [3.05, 3.63) is 217 Å². The summed E-state index contributed by atoms with van der Waals surface area (Å²) in [5, 5.41) is 1.59. The Hall–Kier alpha value is -4.78. The minimum atomic E-state index is -4.28. The van der Waals surface area contributed by atoms with Crippen LogP contribution in [0, 0.1) is 29.6 Å². The molecule has 4 unspecified atom stereocenters. The van der Waals surface area contributed by atoms with E-state index in [0.29, 0.717) is 45.8 Å². The zero-order chi connectivity index (χ0) is 82.1. The number of benzene rings is 5. The van der Waals surface area contributed by atoms with Gasteiger partial charge in [-0.1, -0.05) is 251 Å². The van der Waals surface area contributed by atoms with E-state index in [2.05, 4.69) is 238 Å². The number of halogens is 5. The van der Waals surface area contributed by atoms with Crippen LogP contribution in [-0.2, 0) is 37.7 Å². The third-order valence-corrected chi connectivity index (χ3v) is 27.3. The quantitative estimate of drug-likeness (QED) is 0.0608. The fourth-order valence-corrected chi connectivity index (χ4v) is 19.1. The number of piperidine rings is 4. The SMILES string of the molecule is CC(C)=CC(CC(C)(C)c1ccc(C(F)(F)F)cc1)N1CCC2(CCCCC2)CC1.CC(C)=CC(CC(C)(C)c1ccc(C)cc1)N1CCC(C(C)C)CC1.CC(C)=CC(CC(C)(C)c1ccc(Cl)cc1)N1CCC(C)(C)CC1.CC(C)=CC(CC(C)(C)c1ccc(Cl)cc1)N1CCC(c2ccc(S(C)(=O)=O)cc2)CC1. The van der Waals surface area contributed by atoms with E-state index in [0.717, 1.165) is 85.7 Å². The predicted molar refractivity (Wildman–Crippen MR) is 472 cm³/mol. The van der Waals surface area contributed by atoms with E-state index in [-0.39, 0.29) is 21.7 Å². The van der Waals surface area contributed by atoms with Gasteiger partial charge in [0.25, 0.3) is 0 Å². The van der Waals surface area contributed by atoms with Gasteiger partial charge in [-0.2, -0.15) is 13.2 Å². The average molecular weight is 1590 g/mol. The van der Waals surface area contributed by atoms with Crippen LogP contribution >= 0.6 is 23.2 Å². The number of likely N-dealkylation sites (tertiary alicyclic amines) is 4. The molecule has 5 fully saturated rings. The molecular formula is C99H147Cl2F3N4O2S. The van der Waals surface area contributed by atoms with Crippen LogP contribution in [0.5, 0.6) is 0 Å². The maximum atomic E-state index is 12.9. The zero-order valence-electron chi connectivity index (χ0n) is 73.0. The highest BCUT2D eigenvalue weighted by Gasteiger charge is 2.40. The first kappa shape index (κ1) is 93.4. The molecular weight excluding hydrogens is 1440 g/mol. The molecule has 4 aliphatic heterocycles. The van der Waals surface area contributed by atoms with E-state index in [4.69, 9.17) is 23.2 Å². The Bertz CT molecular complexity index is 3860. The van der Waals surface area contributed by atoms with Crippen molar-refractivity contribution in [2.24, 2.45) is 22.7 Å². The van der Waals surface area contributed by atoms with E-state index in [9.17, 15) is 21.6 Å². The fraction of sp³-hybridized carbons (Fsp3) is 0.616. The molecule has 4 saturated heterocycles. The molecule has 4 heterocycles. The average Bonchev–Trinajstić information content (AvgIpc) is 0.807. The lowest BCUT2D eigenvalue weighted by molar-refractivity contribution is -0.137. The summed E-state index contributed by atoms with van der Waals surface area (Å²) in [5.74, 6) is 2.22. The maximum Gasteiger partial charge on any atom is 0.416 e. The molecule has 10 rings (SSSR count). The van der Waals surface area contributed by atoms with Crippen LogP contribution in [-0.4, -0.2) is 111 Å². The van der Waals surface area contributed by atoms with Crippen molar-refractivity contribution in [2.75, 3.05) is 58.6 Å². The number of sulfone groups is 1. The van der Waals surface area contributed by atoms with Crippen molar-refractivity contribution >= 4 is 33.0 Å². The molecule has 0 amide bonds. The predicted octanol–water partition coefficient (Wildman–Crippen LogP) is 27.2. The molecule has 0 N–H and O–H groups in total. The molecule has 5 aliphatic rings. The van der Waals surface area contributed by atoms with E-state index in [1.165, 1.54) is 172 Å². The van der Waals surface area contributed by atoms with Crippen molar-refractivity contribution in [2.45, 2.75) is 317 Å². The van der Waals surface area contributed by atoms with Crippen molar-refractivity contribution in [1.82, 2.24) is 19.6 Å². The van der Waals surface area contributed by atoms with Crippen LogP contribution < -0.4 is 0 Å². The van der Waals surface area contributed by atoms with Crippen LogP contribution in [0.25, 0.3) is 0 Å². The van der Waals surface area contributed by atoms with Crippen molar-refractivity contribution in [1.29, 1.82) is 0 Å². The molecule has 1 saturated carbocycles. The largest absolute Gasteiger partial charge is 0.416 e. The fourth-order valence-electron chi connectivity index (χ4n) is 18.3. The second-order valence-electron chi connectivity index (χ2n) is 39.1. The number of rotatable bonds is 23. The molecule has 1 spiro atoms. The summed E-state index contributed by atoms with van der Waals surface area (Å²) in [6.07, 6.45) is 28.0. The normalized spacial score (nSPS) is 19.2. The molecule has 6 nitrogen and oxygen atoms in total. The minimum Gasteiger partial charge on any atom is -0.297 e. The highest BCUT2D eigenvalue weighted by molar-refractivity contribution is 7.90. The standard InChI is InChI=1S/C27H36ClNO2S.C26H38F3N.C24H39N.C22H34ClN/c1-20(2)18-25(19-27(3,4)23-8-10-24(28)11-9-23)29-16-14-22(15-17-29)21-6-12-26(13-7-21)32(5,30)31;1-20(2)18-23(30-16-14-25(15-17-30)12-6-5-7-13-25)19-24(3,4)21-8-10-22(11-9-21)26(27,28)29;1-18(2)16-23(25-14-12-21(13-15-25)19(3)4)17-24(6,7)22-10-8-20(5)9-11-22;1-17(2)15-20(24-13-11-21(3,4)12-14-24)16-22(5,6)18-7-9-19(23)10-8-18/h6-13,18,22,25H,14-17,19H2,1-5H3;8-11,18,23H,5-7,12-17,19H2,1-4H3;8-11,16,19,21,23H,12-15,17H2,1-7H3;7-10,15,20H,11-14,16H2,1-6H3. The van der Waals surface area contributed by atoms with Gasteiger partial charge in [-0.15, -0.1) is 0 Å². The zero-order valence-corrected chi connectivity index (χ0v) is 75.3. The summed E-state index contributed by atoms with van der Waals surface area (Å²) in [6.45, 7) is 57.1. The van der Waals surface area contributed by atoms with Gasteiger partial charge < -0.3 is 0 Å². The van der Waals surface area contributed by atoms with Crippen molar-refractivity contribution in [3.8, 4) is 0 Å². The third-order valence-electron chi connectivity index (χ3n) is 25.7. The van der Waals surface area contributed by atoms with Gasteiger partial charge in [-0.25, -0.2) is 8.42 Å². The van der Waals surface area contributed by atoms with E-state index in [1.807, 2.05) is 36.4 Å². The monoisotopic (exact) mass is 1580 g/mol. The van der Waals surface area contributed by atoms with Gasteiger partial charge in [-0.05, 0) is 331 Å². The number of alkyl halides is 3. The van der Waals surface area contributed by atoms with Crippen molar-refractivity contribution < 1.29 is 21.6 Å². The summed E-state index contributed by atoms with van der Waals surface area (Å²) in [6, 6.07) is 40.8. The number of allylic oxidation sites excluding steroid dienone is 4. The Labute approximate surface area is 685 Å². The van der Waals surface area contributed by atoms with Crippen molar-refractivity contribution in [3.63, 3.8) is 0 Å². The highest BCUT2D eigenvalue weighted by Crippen LogP contribution is 2.47. The molecule has 0 radical (unpaired) electrons. The third kappa shape index (κ3) is 29.4. The van der Waals surface area contributed by atoms with E-state index < -0.39 is 21.6 Å². The Balaban J connectivity index is 0.000000207. The van der Waals surface area contributed by atoms with Gasteiger partial charge in [0.1, 0.15) is 0 Å². The lowest BCUT2D eigenvalue weighted by atomic mass is 9.67. The minimum absolute atomic E-state index is 0.0412. The van der Waals surface area contributed by atoms with Crippen LogP contribution in [0.4, 0.5) is 13.2 Å². The summed E-state index contributed by atoms with van der Waals surface area (Å²) in [4.78, 5) is 11.1.